The van der Waals surface area contributed by atoms with E-state index in [1.807, 2.05) is 6.66 Å². The number of rotatable bonds is 3. The van der Waals surface area contributed by atoms with Gasteiger partial charge in [-0.2, -0.15) is 5.10 Å². The Kier molecular flexibility index (Phi) is 3.20. The molecule has 0 aromatic carbocycles. The summed E-state index contributed by atoms with van der Waals surface area (Å²) in [6.45, 7) is 2.64. The van der Waals surface area contributed by atoms with Crippen molar-refractivity contribution in [3.63, 3.8) is 0 Å². The molecule has 0 aliphatic heterocycles. The summed E-state index contributed by atoms with van der Waals surface area (Å²) in [4.78, 5) is 11.0. The van der Waals surface area contributed by atoms with Gasteiger partial charge in [-0.15, -0.1) is 0 Å². The fourth-order valence-electron chi connectivity index (χ4n) is 0.693. The molecule has 60 valence electrons. The van der Waals surface area contributed by atoms with Crippen LogP contribution in [-0.2, 0) is 6.54 Å². The molecule has 1 aromatic heterocycles. The third-order valence-electron chi connectivity index (χ3n) is 1.26. The highest BCUT2D eigenvalue weighted by atomic mass is 31.1. The van der Waals surface area contributed by atoms with Crippen LogP contribution < -0.4 is 10.6 Å². The lowest BCUT2D eigenvalue weighted by atomic mass is 10.3. The molecule has 1 unspecified atom stereocenters. The van der Waals surface area contributed by atoms with Crippen LogP contribution in [0.2, 0.25) is 0 Å². The molecular weight excluding hydrogens is 161 g/mol. The third-order valence-corrected chi connectivity index (χ3v) is 1.79. The maximum atomic E-state index is 11.0. The normalized spacial score (nSPS) is 11.0. The molecule has 11 heavy (non-hydrogen) atoms. The number of H-pyrrole nitrogens is 1. The second-order valence-corrected chi connectivity index (χ2v) is 2.87. The van der Waals surface area contributed by atoms with Crippen molar-refractivity contribution >= 4 is 8.73 Å². The zero-order valence-electron chi connectivity index (χ0n) is 6.22. The minimum Gasteiger partial charge on any atom is -0.294 e. The maximum Gasteiger partial charge on any atom is 0.268 e. The van der Waals surface area contributed by atoms with Gasteiger partial charge in [0.2, 0.25) is 0 Å². The van der Waals surface area contributed by atoms with Crippen molar-refractivity contribution in [2.75, 3.05) is 6.66 Å². The minimum absolute atomic E-state index is 0.113. The van der Waals surface area contributed by atoms with Gasteiger partial charge in [-0.05, 0) is 12.7 Å². The highest BCUT2D eigenvalue weighted by Crippen LogP contribution is 1.95. The Morgan fingerprint density at radius 2 is 2.64 bits per heavy atom. The molecule has 0 saturated carbocycles. The number of aromatic amines is 1. The molecule has 0 fully saturated rings. The van der Waals surface area contributed by atoms with Gasteiger partial charge in [0.05, 0.1) is 0 Å². The first kappa shape index (κ1) is 8.37. The predicted octanol–water partition coefficient (Wildman–Crippen LogP) is 0.0828. The van der Waals surface area contributed by atoms with Crippen molar-refractivity contribution < 1.29 is 0 Å². The van der Waals surface area contributed by atoms with Crippen LogP contribution in [-0.4, -0.2) is 16.9 Å². The van der Waals surface area contributed by atoms with Crippen molar-refractivity contribution in [3.8, 4) is 0 Å². The van der Waals surface area contributed by atoms with E-state index in [0.29, 0.717) is 15.3 Å². The molecule has 2 N–H and O–H groups in total. The summed E-state index contributed by atoms with van der Waals surface area (Å²) < 4.78 is 0. The number of hydrogen-bond donors (Lipinski definition) is 2. The smallest absolute Gasteiger partial charge is 0.268 e. The van der Waals surface area contributed by atoms with E-state index in [-0.39, 0.29) is 5.56 Å². The van der Waals surface area contributed by atoms with E-state index in [1.165, 1.54) is 0 Å². The first-order valence-corrected chi connectivity index (χ1v) is 4.77. The van der Waals surface area contributed by atoms with Crippen LogP contribution >= 0.6 is 8.73 Å². The van der Waals surface area contributed by atoms with Crippen molar-refractivity contribution in [3.05, 3.63) is 28.2 Å². The largest absolute Gasteiger partial charge is 0.294 e. The van der Waals surface area contributed by atoms with Gasteiger partial charge >= 0.3 is 0 Å². The molecule has 0 saturated heterocycles. The molecule has 1 atom stereocenters. The zero-order valence-corrected chi connectivity index (χ0v) is 7.22. The van der Waals surface area contributed by atoms with Crippen molar-refractivity contribution in [1.82, 2.24) is 15.3 Å². The van der Waals surface area contributed by atoms with Gasteiger partial charge in [0.15, 0.2) is 0 Å². The van der Waals surface area contributed by atoms with E-state index in [4.69, 9.17) is 0 Å². The Labute approximate surface area is 66.3 Å². The molecule has 0 bridgehead atoms. The van der Waals surface area contributed by atoms with E-state index >= 15 is 0 Å². The van der Waals surface area contributed by atoms with Crippen LogP contribution in [0.4, 0.5) is 0 Å². The molecule has 4 nitrogen and oxygen atoms in total. The molecule has 1 rings (SSSR count). The first-order valence-electron chi connectivity index (χ1n) is 3.27. The second-order valence-electron chi connectivity index (χ2n) is 2.01. The average Bonchev–Trinajstić information content (AvgIpc) is 2.03. The van der Waals surface area contributed by atoms with E-state index in [9.17, 15) is 4.79 Å². The fraction of sp³-hybridized carbons (Fsp3) is 0.333. The van der Waals surface area contributed by atoms with Gasteiger partial charge in [-0.3, -0.25) is 9.88 Å². The molecule has 0 aliphatic carbocycles. The van der Waals surface area contributed by atoms with Gasteiger partial charge in [0, 0.05) is 18.3 Å². The van der Waals surface area contributed by atoms with E-state index in [1.54, 1.807) is 12.3 Å². The average molecular weight is 171 g/mol. The molecule has 0 spiro atoms. The lowest BCUT2D eigenvalue weighted by molar-refractivity contribution is 0.891. The first-order chi connectivity index (χ1) is 5.34. The number of nitrogens with zero attached hydrogens (tertiary/aromatic N) is 1. The standard InChI is InChI=1S/C6H10N3OP/c1-11-8-4-5-2-3-7-9-6(5)10/h2-3,8,11H,4H2,1H3,(H,9,10). The molecule has 5 heteroatoms. The van der Waals surface area contributed by atoms with Crippen LogP contribution in [0.1, 0.15) is 5.56 Å². The number of hydrogen-bond acceptors (Lipinski definition) is 3. The molecule has 0 radical (unpaired) electrons. The highest BCUT2D eigenvalue weighted by molar-refractivity contribution is 7.34. The molecule has 0 aliphatic rings. The molecular formula is C6H10N3OP. The van der Waals surface area contributed by atoms with Gasteiger partial charge in [-0.25, -0.2) is 5.10 Å². The van der Waals surface area contributed by atoms with Crippen molar-refractivity contribution in [1.29, 1.82) is 0 Å². The topological polar surface area (TPSA) is 57.8 Å². The predicted molar refractivity (Wildman–Crippen MR) is 45.9 cm³/mol. The Hall–Kier alpha value is -0.730. The van der Waals surface area contributed by atoms with E-state index in [0.717, 1.165) is 5.56 Å². The SMILES string of the molecule is CPNCc1ccn[nH]c1=O. The maximum absolute atomic E-state index is 11.0. The summed E-state index contributed by atoms with van der Waals surface area (Å²) in [5.74, 6) is 0. The Morgan fingerprint density at radius 3 is 3.27 bits per heavy atom. The number of nitrogens with one attached hydrogen (secondary N) is 2. The van der Waals surface area contributed by atoms with Gasteiger partial charge in [0.25, 0.3) is 5.56 Å². The summed E-state index contributed by atoms with van der Waals surface area (Å²) in [5.41, 5.74) is 0.618. The van der Waals surface area contributed by atoms with E-state index in [2.05, 4.69) is 15.3 Å². The van der Waals surface area contributed by atoms with Crippen LogP contribution in [0.25, 0.3) is 0 Å². The highest BCUT2D eigenvalue weighted by Gasteiger charge is 1.95. The van der Waals surface area contributed by atoms with E-state index < -0.39 is 0 Å². The van der Waals surface area contributed by atoms with Crippen LogP contribution in [0.15, 0.2) is 17.1 Å². The summed E-state index contributed by atoms with van der Waals surface area (Å²) >= 11 is 0. The van der Waals surface area contributed by atoms with Crippen LogP contribution in [0.3, 0.4) is 0 Å². The third kappa shape index (κ3) is 2.41. The van der Waals surface area contributed by atoms with Gasteiger partial charge in [0.1, 0.15) is 0 Å². The summed E-state index contributed by atoms with van der Waals surface area (Å²) in [5, 5.41) is 9.04. The van der Waals surface area contributed by atoms with Gasteiger partial charge in [-0.1, -0.05) is 8.73 Å². The van der Waals surface area contributed by atoms with Gasteiger partial charge < -0.3 is 0 Å². The molecule has 0 amide bonds. The lowest BCUT2D eigenvalue weighted by Gasteiger charge is -1.98. The minimum atomic E-state index is -0.113. The molecule has 1 heterocycles. The number of aromatic nitrogens is 2. The summed E-state index contributed by atoms with van der Waals surface area (Å²) in [6.07, 6.45) is 1.58. The monoisotopic (exact) mass is 171 g/mol. The Balaban J connectivity index is 2.70. The van der Waals surface area contributed by atoms with Crippen LogP contribution in [0.5, 0.6) is 0 Å². The second kappa shape index (κ2) is 4.21. The lowest BCUT2D eigenvalue weighted by Crippen LogP contribution is -2.16. The zero-order chi connectivity index (χ0) is 8.10. The molecule has 1 aromatic rings. The Morgan fingerprint density at radius 1 is 1.82 bits per heavy atom. The summed E-state index contributed by atoms with van der Waals surface area (Å²) in [6, 6.07) is 1.71. The van der Waals surface area contributed by atoms with Crippen LogP contribution in [0, 0.1) is 0 Å². The van der Waals surface area contributed by atoms with Crippen molar-refractivity contribution in [2.45, 2.75) is 6.54 Å². The quantitative estimate of drug-likeness (QED) is 0.633. The Bertz CT molecular complexity index is 273. The van der Waals surface area contributed by atoms with Crippen molar-refractivity contribution in [2.24, 2.45) is 0 Å². The fourth-order valence-corrected chi connectivity index (χ4v) is 1.06. The summed E-state index contributed by atoms with van der Waals surface area (Å²) in [7, 11) is 0.656.